The molecule has 0 fully saturated rings. The van der Waals surface area contributed by atoms with Crippen molar-refractivity contribution in [3.05, 3.63) is 127 Å². The predicted molar refractivity (Wildman–Crippen MR) is 170 cm³/mol. The van der Waals surface area contributed by atoms with Gasteiger partial charge in [-0.25, -0.2) is 15.0 Å². The van der Waals surface area contributed by atoms with Crippen LogP contribution < -0.4 is 0 Å². The van der Waals surface area contributed by atoms with Gasteiger partial charge in [0, 0.05) is 26.8 Å². The lowest BCUT2D eigenvalue weighted by Gasteiger charge is -2.09. The van der Waals surface area contributed by atoms with Crippen molar-refractivity contribution in [1.82, 2.24) is 15.0 Å². The second-order valence-electron chi connectivity index (χ2n) is 9.69. The average Bonchev–Trinajstić information content (AvgIpc) is 3.63. The van der Waals surface area contributed by atoms with E-state index in [-0.39, 0.29) is 0 Å². The second-order valence-corrected chi connectivity index (χ2v) is 11.8. The van der Waals surface area contributed by atoms with Gasteiger partial charge < -0.3 is 0 Å². The van der Waals surface area contributed by atoms with Crippen LogP contribution in [0.15, 0.2) is 127 Å². The van der Waals surface area contributed by atoms with Crippen molar-refractivity contribution in [2.45, 2.75) is 0 Å². The van der Waals surface area contributed by atoms with Crippen LogP contribution in [0.1, 0.15) is 0 Å². The first kappa shape index (κ1) is 23.2. The predicted octanol–water partition coefficient (Wildman–Crippen LogP) is 10.1. The Morgan fingerprint density at radius 3 is 1.93 bits per heavy atom. The minimum absolute atomic E-state index is 0.735. The number of para-hydroxylation sites is 1. The van der Waals surface area contributed by atoms with E-state index in [1.807, 2.05) is 12.1 Å². The number of thiophene rings is 1. The maximum Gasteiger partial charge on any atom is 0.160 e. The minimum Gasteiger partial charge on any atom is -0.236 e. The normalized spacial score (nSPS) is 11.5. The number of aromatic nitrogens is 3. The zero-order valence-corrected chi connectivity index (χ0v) is 22.9. The summed E-state index contributed by atoms with van der Waals surface area (Å²) in [5.41, 5.74) is 8.51. The van der Waals surface area contributed by atoms with Gasteiger partial charge in [0.15, 0.2) is 5.82 Å². The molecule has 188 valence electrons. The zero-order valence-electron chi connectivity index (χ0n) is 21.3. The Labute approximate surface area is 239 Å². The molecule has 3 nitrogen and oxygen atoms in total. The topological polar surface area (TPSA) is 38.7 Å². The lowest BCUT2D eigenvalue weighted by Crippen LogP contribution is -1.94. The molecule has 0 amide bonds. The van der Waals surface area contributed by atoms with E-state index in [1.54, 1.807) is 22.7 Å². The van der Waals surface area contributed by atoms with Crippen molar-refractivity contribution < 1.29 is 0 Å². The van der Waals surface area contributed by atoms with E-state index in [0.29, 0.717) is 0 Å². The molecule has 0 spiro atoms. The molecule has 40 heavy (non-hydrogen) atoms. The molecule has 0 radical (unpaired) electrons. The first-order valence-corrected chi connectivity index (χ1v) is 14.7. The third kappa shape index (κ3) is 3.99. The standard InChI is InChI=1S/C35H21N3S2/c1-2-10-22(11-3-1)31-33-32(27-16-4-6-18-29(27)39-33)38-34(37-31)25-14-8-12-23(20-25)24-13-9-15-26(21-24)35-36-28-17-5-7-19-30(28)40-35/h1-21H. The molecular formula is C35H21N3S2. The first-order chi connectivity index (χ1) is 19.8. The Balaban J connectivity index is 1.26. The van der Waals surface area contributed by atoms with Gasteiger partial charge in [-0.2, -0.15) is 0 Å². The lowest BCUT2D eigenvalue weighted by atomic mass is 10.0. The van der Waals surface area contributed by atoms with Crippen LogP contribution in [0.3, 0.4) is 0 Å². The summed E-state index contributed by atoms with van der Waals surface area (Å²) in [6, 6.07) is 44.4. The van der Waals surface area contributed by atoms with E-state index in [2.05, 4.69) is 115 Å². The number of hydrogen-bond acceptors (Lipinski definition) is 5. The van der Waals surface area contributed by atoms with Gasteiger partial charge in [-0.15, -0.1) is 22.7 Å². The quantitative estimate of drug-likeness (QED) is 0.220. The molecule has 0 aliphatic heterocycles. The van der Waals surface area contributed by atoms with Crippen LogP contribution in [0.4, 0.5) is 0 Å². The second kappa shape index (κ2) is 9.49. The Morgan fingerprint density at radius 1 is 0.450 bits per heavy atom. The smallest absolute Gasteiger partial charge is 0.160 e. The fourth-order valence-corrected chi connectivity index (χ4v) is 7.29. The van der Waals surface area contributed by atoms with Crippen LogP contribution in [0.5, 0.6) is 0 Å². The molecule has 0 aliphatic carbocycles. The largest absolute Gasteiger partial charge is 0.236 e. The van der Waals surface area contributed by atoms with Crippen LogP contribution in [0.25, 0.3) is 74.9 Å². The summed E-state index contributed by atoms with van der Waals surface area (Å²) in [5.74, 6) is 0.735. The lowest BCUT2D eigenvalue weighted by molar-refractivity contribution is 1.24. The summed E-state index contributed by atoms with van der Waals surface area (Å²) in [6.45, 7) is 0. The van der Waals surface area contributed by atoms with Gasteiger partial charge in [-0.05, 0) is 41.5 Å². The Kier molecular flexibility index (Phi) is 5.50. The molecular weight excluding hydrogens is 527 g/mol. The maximum absolute atomic E-state index is 5.15. The van der Waals surface area contributed by atoms with Gasteiger partial charge in [-0.3, -0.25) is 0 Å². The van der Waals surface area contributed by atoms with Crippen molar-refractivity contribution >= 4 is 53.2 Å². The molecule has 5 aromatic carbocycles. The Morgan fingerprint density at radius 2 is 1.10 bits per heavy atom. The van der Waals surface area contributed by atoms with E-state index in [1.165, 1.54) is 14.8 Å². The highest BCUT2D eigenvalue weighted by Gasteiger charge is 2.17. The van der Waals surface area contributed by atoms with Crippen LogP contribution in [-0.4, -0.2) is 15.0 Å². The van der Waals surface area contributed by atoms with E-state index in [0.717, 1.165) is 60.1 Å². The van der Waals surface area contributed by atoms with Gasteiger partial charge >= 0.3 is 0 Å². The molecule has 3 aromatic heterocycles. The van der Waals surface area contributed by atoms with Crippen molar-refractivity contribution in [2.75, 3.05) is 0 Å². The van der Waals surface area contributed by atoms with Crippen LogP contribution in [-0.2, 0) is 0 Å². The third-order valence-corrected chi connectivity index (χ3v) is 9.38. The number of hydrogen-bond donors (Lipinski definition) is 0. The monoisotopic (exact) mass is 547 g/mol. The minimum atomic E-state index is 0.735. The maximum atomic E-state index is 5.15. The molecule has 0 unspecified atom stereocenters. The SMILES string of the molecule is c1ccc(-c2nc(-c3cccc(-c4cccc(-c5nc6ccccc6s5)c4)c3)nc3c2sc2ccccc23)cc1. The number of thiazole rings is 1. The molecule has 5 heteroatoms. The van der Waals surface area contributed by atoms with Gasteiger partial charge in [0.1, 0.15) is 5.01 Å². The fraction of sp³-hybridized carbons (Fsp3) is 0. The molecule has 0 N–H and O–H groups in total. The molecule has 8 aromatic rings. The zero-order chi connectivity index (χ0) is 26.5. The molecule has 3 heterocycles. The number of fused-ring (bicyclic) bond motifs is 4. The van der Waals surface area contributed by atoms with Crippen molar-refractivity contribution in [3.63, 3.8) is 0 Å². The van der Waals surface area contributed by atoms with Crippen LogP contribution >= 0.6 is 22.7 Å². The molecule has 0 saturated heterocycles. The molecule has 0 saturated carbocycles. The molecule has 8 rings (SSSR count). The van der Waals surface area contributed by atoms with E-state index in [9.17, 15) is 0 Å². The summed E-state index contributed by atoms with van der Waals surface area (Å²) < 4.78 is 3.55. The van der Waals surface area contributed by atoms with Crippen LogP contribution in [0, 0.1) is 0 Å². The summed E-state index contributed by atoms with van der Waals surface area (Å²) in [5, 5.41) is 2.20. The fourth-order valence-electron chi connectivity index (χ4n) is 5.18. The van der Waals surface area contributed by atoms with Crippen LogP contribution in [0.2, 0.25) is 0 Å². The molecule has 0 aliphatic rings. The molecule has 0 atom stereocenters. The third-order valence-electron chi connectivity index (χ3n) is 7.12. The van der Waals surface area contributed by atoms with Gasteiger partial charge in [0.25, 0.3) is 0 Å². The van der Waals surface area contributed by atoms with Crippen molar-refractivity contribution in [2.24, 2.45) is 0 Å². The summed E-state index contributed by atoms with van der Waals surface area (Å²) in [4.78, 5) is 15.2. The van der Waals surface area contributed by atoms with Gasteiger partial charge in [0.2, 0.25) is 0 Å². The van der Waals surface area contributed by atoms with Crippen molar-refractivity contribution in [1.29, 1.82) is 0 Å². The van der Waals surface area contributed by atoms with Gasteiger partial charge in [-0.1, -0.05) is 97.1 Å². The summed E-state index contributed by atoms with van der Waals surface area (Å²) >= 11 is 3.48. The summed E-state index contributed by atoms with van der Waals surface area (Å²) in [7, 11) is 0. The number of nitrogens with zero attached hydrogens (tertiary/aromatic N) is 3. The van der Waals surface area contributed by atoms with E-state index >= 15 is 0 Å². The van der Waals surface area contributed by atoms with Crippen molar-refractivity contribution in [3.8, 4) is 44.3 Å². The van der Waals surface area contributed by atoms with Gasteiger partial charge in [0.05, 0.1) is 26.1 Å². The molecule has 0 bridgehead atoms. The number of benzene rings is 5. The Bertz CT molecular complexity index is 2140. The highest BCUT2D eigenvalue weighted by Crippen LogP contribution is 2.40. The summed E-state index contributed by atoms with van der Waals surface area (Å²) in [6.07, 6.45) is 0. The van der Waals surface area contributed by atoms with E-state index < -0.39 is 0 Å². The Hall–Kier alpha value is -4.71. The highest BCUT2D eigenvalue weighted by atomic mass is 32.1. The van der Waals surface area contributed by atoms with E-state index in [4.69, 9.17) is 15.0 Å². The average molecular weight is 548 g/mol. The highest BCUT2D eigenvalue weighted by molar-refractivity contribution is 7.26. The number of rotatable bonds is 4. The first-order valence-electron chi connectivity index (χ1n) is 13.1.